The molecule has 0 heterocycles. The SMILES string of the molecule is O=C(N/N=C/c1cccc(OCc2ccccc2Cl)c1)C(=O)Nc1cccc(Cl)c1Cl. The van der Waals surface area contributed by atoms with E-state index in [9.17, 15) is 9.59 Å². The molecular weight excluding hydrogens is 461 g/mol. The molecule has 9 heteroatoms. The number of amides is 2. The van der Waals surface area contributed by atoms with Crippen molar-refractivity contribution in [2.45, 2.75) is 6.61 Å². The van der Waals surface area contributed by atoms with E-state index in [2.05, 4.69) is 15.8 Å². The zero-order valence-electron chi connectivity index (χ0n) is 15.9. The minimum absolute atomic E-state index is 0.141. The van der Waals surface area contributed by atoms with Gasteiger partial charge in [-0.25, -0.2) is 5.43 Å². The summed E-state index contributed by atoms with van der Waals surface area (Å²) in [6.07, 6.45) is 1.39. The summed E-state index contributed by atoms with van der Waals surface area (Å²) >= 11 is 18.0. The molecule has 0 aliphatic rings. The summed E-state index contributed by atoms with van der Waals surface area (Å²) in [5.74, 6) is -1.29. The van der Waals surface area contributed by atoms with Crippen molar-refractivity contribution in [3.63, 3.8) is 0 Å². The van der Waals surface area contributed by atoms with Crippen molar-refractivity contribution in [1.29, 1.82) is 0 Å². The highest BCUT2D eigenvalue weighted by molar-refractivity contribution is 6.45. The molecule has 0 saturated carbocycles. The third-order valence-corrected chi connectivity index (χ3v) is 5.18. The molecular formula is C22H16Cl3N3O3. The Labute approximate surface area is 193 Å². The average molecular weight is 477 g/mol. The molecule has 3 aromatic rings. The molecule has 0 unspecified atom stereocenters. The number of rotatable bonds is 6. The Hall–Kier alpha value is -3.06. The first-order chi connectivity index (χ1) is 14.9. The summed E-state index contributed by atoms with van der Waals surface area (Å²) in [5.41, 5.74) is 3.90. The highest BCUT2D eigenvalue weighted by Gasteiger charge is 2.15. The number of halogens is 3. The number of hydrogen-bond donors (Lipinski definition) is 2. The molecule has 2 N–H and O–H groups in total. The van der Waals surface area contributed by atoms with Crippen LogP contribution in [0.3, 0.4) is 0 Å². The van der Waals surface area contributed by atoms with Crippen LogP contribution in [0.25, 0.3) is 0 Å². The van der Waals surface area contributed by atoms with Crippen molar-refractivity contribution in [3.8, 4) is 5.75 Å². The maximum Gasteiger partial charge on any atom is 0.329 e. The van der Waals surface area contributed by atoms with Gasteiger partial charge in [-0.1, -0.05) is 71.2 Å². The zero-order valence-corrected chi connectivity index (χ0v) is 18.2. The number of ether oxygens (including phenoxy) is 1. The van der Waals surface area contributed by atoms with Crippen molar-refractivity contribution >= 4 is 58.5 Å². The van der Waals surface area contributed by atoms with Crippen molar-refractivity contribution in [3.05, 3.63) is 92.9 Å². The molecule has 3 aromatic carbocycles. The van der Waals surface area contributed by atoms with Crippen LogP contribution in [0, 0.1) is 0 Å². The lowest BCUT2D eigenvalue weighted by Crippen LogP contribution is -2.32. The quantitative estimate of drug-likeness (QED) is 0.287. The summed E-state index contributed by atoms with van der Waals surface area (Å²) in [6, 6.07) is 19.2. The van der Waals surface area contributed by atoms with Crippen molar-refractivity contribution < 1.29 is 14.3 Å². The van der Waals surface area contributed by atoms with Gasteiger partial charge in [0.1, 0.15) is 12.4 Å². The Morgan fingerprint density at radius 1 is 0.903 bits per heavy atom. The first-order valence-electron chi connectivity index (χ1n) is 8.98. The summed E-state index contributed by atoms with van der Waals surface area (Å²) in [5, 5.41) is 7.20. The largest absolute Gasteiger partial charge is 0.489 e. The Balaban J connectivity index is 1.55. The topological polar surface area (TPSA) is 79.8 Å². The van der Waals surface area contributed by atoms with Crippen LogP contribution in [0.15, 0.2) is 71.8 Å². The molecule has 0 fully saturated rings. The van der Waals surface area contributed by atoms with Gasteiger partial charge in [-0.15, -0.1) is 0 Å². The zero-order chi connectivity index (χ0) is 22.2. The molecule has 0 spiro atoms. The van der Waals surface area contributed by atoms with Crippen molar-refractivity contribution in [2.75, 3.05) is 5.32 Å². The molecule has 31 heavy (non-hydrogen) atoms. The smallest absolute Gasteiger partial charge is 0.329 e. The number of carbonyl (C=O) groups excluding carboxylic acids is 2. The van der Waals surface area contributed by atoms with Gasteiger partial charge in [0, 0.05) is 10.6 Å². The van der Waals surface area contributed by atoms with Gasteiger partial charge < -0.3 is 10.1 Å². The molecule has 0 saturated heterocycles. The fourth-order valence-corrected chi connectivity index (χ4v) is 2.99. The lowest BCUT2D eigenvalue weighted by atomic mass is 10.2. The van der Waals surface area contributed by atoms with E-state index in [1.54, 1.807) is 42.5 Å². The van der Waals surface area contributed by atoms with Crippen LogP contribution in [-0.2, 0) is 16.2 Å². The van der Waals surface area contributed by atoms with Crippen molar-refractivity contribution in [2.24, 2.45) is 5.10 Å². The molecule has 0 atom stereocenters. The third-order valence-electron chi connectivity index (χ3n) is 4.00. The number of nitrogens with one attached hydrogen (secondary N) is 2. The van der Waals surface area contributed by atoms with E-state index in [0.29, 0.717) is 22.9 Å². The summed E-state index contributed by atoms with van der Waals surface area (Å²) in [4.78, 5) is 23.9. The molecule has 0 aromatic heterocycles. The fraction of sp³-hybridized carbons (Fsp3) is 0.0455. The monoisotopic (exact) mass is 475 g/mol. The van der Waals surface area contributed by atoms with Gasteiger partial charge in [-0.05, 0) is 35.9 Å². The minimum Gasteiger partial charge on any atom is -0.489 e. The van der Waals surface area contributed by atoms with Crippen LogP contribution in [0.1, 0.15) is 11.1 Å². The molecule has 3 rings (SSSR count). The molecule has 6 nitrogen and oxygen atoms in total. The van der Waals surface area contributed by atoms with Crippen LogP contribution in [-0.4, -0.2) is 18.0 Å². The second kappa shape index (κ2) is 10.8. The van der Waals surface area contributed by atoms with Gasteiger partial charge in [0.25, 0.3) is 0 Å². The Kier molecular flexibility index (Phi) is 7.89. The first kappa shape index (κ1) is 22.6. The molecule has 0 aliphatic carbocycles. The second-order valence-corrected chi connectivity index (χ2v) is 7.40. The Morgan fingerprint density at radius 3 is 2.45 bits per heavy atom. The Bertz CT molecular complexity index is 1140. The lowest BCUT2D eigenvalue weighted by molar-refractivity contribution is -0.136. The predicted molar refractivity (Wildman–Crippen MR) is 123 cm³/mol. The summed E-state index contributed by atoms with van der Waals surface area (Å²) in [7, 11) is 0. The number of benzene rings is 3. The van der Waals surface area contributed by atoms with Gasteiger partial charge in [-0.3, -0.25) is 9.59 Å². The standard InChI is InChI=1S/C22H16Cl3N3O3/c23-17-8-2-1-6-15(17)13-31-16-7-3-5-14(11-16)12-26-28-22(30)21(29)27-19-10-4-9-18(24)20(19)25/h1-12H,13H2,(H,27,29)(H,28,30)/b26-12+. The molecule has 158 valence electrons. The third kappa shape index (κ3) is 6.46. The number of hydrogen-bond acceptors (Lipinski definition) is 4. The van der Waals surface area contributed by atoms with E-state index in [0.717, 1.165) is 5.56 Å². The second-order valence-electron chi connectivity index (χ2n) is 6.21. The van der Waals surface area contributed by atoms with Crippen LogP contribution < -0.4 is 15.5 Å². The van der Waals surface area contributed by atoms with E-state index in [4.69, 9.17) is 39.5 Å². The first-order valence-corrected chi connectivity index (χ1v) is 10.1. The number of hydrazone groups is 1. The Morgan fingerprint density at radius 2 is 1.65 bits per heavy atom. The molecule has 0 aliphatic heterocycles. The summed E-state index contributed by atoms with van der Waals surface area (Å²) < 4.78 is 5.75. The van der Waals surface area contributed by atoms with Crippen LogP contribution >= 0.6 is 34.8 Å². The predicted octanol–water partition coefficient (Wildman–Crippen LogP) is 5.31. The maximum atomic E-state index is 12.0. The van der Waals surface area contributed by atoms with Crippen LogP contribution in [0.5, 0.6) is 5.75 Å². The van der Waals surface area contributed by atoms with Crippen molar-refractivity contribution in [1.82, 2.24) is 5.43 Å². The number of carbonyl (C=O) groups is 2. The fourth-order valence-electron chi connectivity index (χ4n) is 2.46. The highest BCUT2D eigenvalue weighted by atomic mass is 35.5. The van der Waals surface area contributed by atoms with Crippen LogP contribution in [0.2, 0.25) is 15.1 Å². The normalized spacial score (nSPS) is 10.7. The maximum absolute atomic E-state index is 12.0. The molecule has 0 radical (unpaired) electrons. The highest BCUT2D eigenvalue weighted by Crippen LogP contribution is 2.29. The minimum atomic E-state index is -0.960. The number of anilines is 1. The van der Waals surface area contributed by atoms with Gasteiger partial charge in [0.05, 0.1) is 21.9 Å². The number of nitrogens with zero attached hydrogens (tertiary/aromatic N) is 1. The lowest BCUT2D eigenvalue weighted by Gasteiger charge is -2.08. The molecule has 0 bridgehead atoms. The van der Waals surface area contributed by atoms with Crippen LogP contribution in [0.4, 0.5) is 5.69 Å². The van der Waals surface area contributed by atoms with Gasteiger partial charge in [-0.2, -0.15) is 5.10 Å². The van der Waals surface area contributed by atoms with Gasteiger partial charge in [0.15, 0.2) is 0 Å². The van der Waals surface area contributed by atoms with Gasteiger partial charge in [0.2, 0.25) is 0 Å². The van der Waals surface area contributed by atoms with E-state index in [-0.39, 0.29) is 15.7 Å². The van der Waals surface area contributed by atoms with E-state index >= 15 is 0 Å². The van der Waals surface area contributed by atoms with Gasteiger partial charge >= 0.3 is 11.8 Å². The van der Waals surface area contributed by atoms with E-state index in [1.165, 1.54) is 12.3 Å². The van der Waals surface area contributed by atoms with E-state index < -0.39 is 11.8 Å². The van der Waals surface area contributed by atoms with E-state index in [1.807, 2.05) is 18.2 Å². The molecule has 2 amide bonds. The summed E-state index contributed by atoms with van der Waals surface area (Å²) in [6.45, 7) is 0.309. The average Bonchev–Trinajstić information content (AvgIpc) is 2.76.